The number of ether oxygens (including phenoxy) is 2. The normalized spacial score (nSPS) is 13.2. The standard InChI is InChI=1S/C18H18BrNO3S/c19-14-4-1-3-13(9-14)11-24-12-18(21)20-15-5-6-16-17(10-15)23-8-2-7-22-16/h1,3-6,9-10H,2,7-8,11-12H2,(H,20,21). The van der Waals surface area contributed by atoms with Crippen molar-refractivity contribution in [3.63, 3.8) is 0 Å². The van der Waals surface area contributed by atoms with E-state index in [0.717, 1.165) is 28.1 Å². The van der Waals surface area contributed by atoms with Gasteiger partial charge in [-0.2, -0.15) is 0 Å². The van der Waals surface area contributed by atoms with Gasteiger partial charge in [0.25, 0.3) is 0 Å². The topological polar surface area (TPSA) is 47.6 Å². The molecule has 24 heavy (non-hydrogen) atoms. The van der Waals surface area contributed by atoms with Gasteiger partial charge in [-0.15, -0.1) is 11.8 Å². The van der Waals surface area contributed by atoms with Crippen LogP contribution in [0.1, 0.15) is 12.0 Å². The maximum Gasteiger partial charge on any atom is 0.234 e. The molecule has 0 aromatic heterocycles. The first kappa shape index (κ1) is 17.2. The van der Waals surface area contributed by atoms with Gasteiger partial charge in [0.15, 0.2) is 11.5 Å². The second-order valence-corrected chi connectivity index (χ2v) is 7.28. The van der Waals surface area contributed by atoms with Crippen LogP contribution in [0, 0.1) is 0 Å². The van der Waals surface area contributed by atoms with Crippen molar-refractivity contribution in [3.8, 4) is 11.5 Å². The molecule has 0 atom stereocenters. The fraction of sp³-hybridized carbons (Fsp3) is 0.278. The highest BCUT2D eigenvalue weighted by Crippen LogP contribution is 2.32. The van der Waals surface area contributed by atoms with E-state index in [-0.39, 0.29) is 5.91 Å². The number of carbonyl (C=O) groups excluding carboxylic acids is 1. The van der Waals surface area contributed by atoms with Gasteiger partial charge in [-0.25, -0.2) is 0 Å². The molecule has 3 rings (SSSR count). The third kappa shape index (κ3) is 4.92. The largest absolute Gasteiger partial charge is 0.490 e. The third-order valence-corrected chi connectivity index (χ3v) is 4.92. The van der Waals surface area contributed by atoms with Gasteiger partial charge in [-0.05, 0) is 29.8 Å². The van der Waals surface area contributed by atoms with Crippen molar-refractivity contribution in [1.29, 1.82) is 0 Å². The molecule has 1 aliphatic heterocycles. The summed E-state index contributed by atoms with van der Waals surface area (Å²) >= 11 is 5.04. The molecule has 1 N–H and O–H groups in total. The zero-order valence-corrected chi connectivity index (χ0v) is 15.5. The van der Waals surface area contributed by atoms with Gasteiger partial charge in [0.2, 0.25) is 5.91 Å². The molecular formula is C18H18BrNO3S. The summed E-state index contributed by atoms with van der Waals surface area (Å²) in [6.45, 7) is 1.29. The Hall–Kier alpha value is -1.66. The Kier molecular flexibility index (Phi) is 6.04. The minimum atomic E-state index is -0.0236. The molecule has 1 amide bonds. The number of carbonyl (C=O) groups is 1. The number of benzene rings is 2. The van der Waals surface area contributed by atoms with Crippen LogP contribution in [-0.4, -0.2) is 24.9 Å². The predicted octanol–water partition coefficient (Wildman–Crippen LogP) is 4.48. The molecule has 2 aromatic rings. The van der Waals surface area contributed by atoms with Gasteiger partial charge in [-0.1, -0.05) is 28.1 Å². The summed E-state index contributed by atoms with van der Waals surface area (Å²) in [5.41, 5.74) is 1.92. The molecular weight excluding hydrogens is 390 g/mol. The summed E-state index contributed by atoms with van der Waals surface area (Å²) in [5.74, 6) is 2.60. The minimum absolute atomic E-state index is 0.0236. The lowest BCUT2D eigenvalue weighted by molar-refractivity contribution is -0.113. The molecule has 0 saturated carbocycles. The number of fused-ring (bicyclic) bond motifs is 1. The first-order valence-electron chi connectivity index (χ1n) is 7.72. The number of anilines is 1. The summed E-state index contributed by atoms with van der Waals surface area (Å²) in [4.78, 5) is 12.1. The van der Waals surface area contributed by atoms with Crippen molar-refractivity contribution >= 4 is 39.3 Å². The first-order chi connectivity index (χ1) is 11.7. The van der Waals surface area contributed by atoms with Crippen molar-refractivity contribution < 1.29 is 14.3 Å². The molecule has 4 nitrogen and oxygen atoms in total. The highest BCUT2D eigenvalue weighted by Gasteiger charge is 2.12. The van der Waals surface area contributed by atoms with E-state index in [9.17, 15) is 4.79 Å². The van der Waals surface area contributed by atoms with E-state index in [4.69, 9.17) is 9.47 Å². The van der Waals surface area contributed by atoms with Crippen molar-refractivity contribution in [2.75, 3.05) is 24.3 Å². The van der Waals surface area contributed by atoms with Crippen LogP contribution in [0.5, 0.6) is 11.5 Å². The summed E-state index contributed by atoms with van der Waals surface area (Å²) < 4.78 is 12.3. The van der Waals surface area contributed by atoms with Gasteiger partial charge >= 0.3 is 0 Å². The number of nitrogens with one attached hydrogen (secondary N) is 1. The summed E-state index contributed by atoms with van der Waals surface area (Å²) in [6, 6.07) is 13.6. The lowest BCUT2D eigenvalue weighted by atomic mass is 10.2. The molecule has 126 valence electrons. The second-order valence-electron chi connectivity index (χ2n) is 5.38. The molecule has 0 spiro atoms. The average molecular weight is 408 g/mol. The molecule has 0 bridgehead atoms. The lowest BCUT2D eigenvalue weighted by Crippen LogP contribution is -2.14. The molecule has 0 saturated heterocycles. The Morgan fingerprint density at radius 2 is 1.96 bits per heavy atom. The Labute approximate surface area is 154 Å². The number of hydrogen-bond donors (Lipinski definition) is 1. The lowest BCUT2D eigenvalue weighted by Gasteiger charge is -2.10. The number of rotatable bonds is 5. The van der Waals surface area contributed by atoms with Crippen LogP contribution < -0.4 is 14.8 Å². The molecule has 2 aromatic carbocycles. The zero-order valence-electron chi connectivity index (χ0n) is 13.1. The molecule has 1 aliphatic rings. The van der Waals surface area contributed by atoms with Crippen molar-refractivity contribution in [2.24, 2.45) is 0 Å². The van der Waals surface area contributed by atoms with E-state index in [1.807, 2.05) is 30.3 Å². The van der Waals surface area contributed by atoms with Crippen molar-refractivity contribution in [2.45, 2.75) is 12.2 Å². The van der Waals surface area contributed by atoms with Crippen molar-refractivity contribution in [1.82, 2.24) is 0 Å². The minimum Gasteiger partial charge on any atom is -0.490 e. The highest BCUT2D eigenvalue weighted by molar-refractivity contribution is 9.10. The fourth-order valence-corrected chi connectivity index (χ4v) is 3.55. The van der Waals surface area contributed by atoms with Gasteiger partial charge in [0.1, 0.15) is 0 Å². The van der Waals surface area contributed by atoms with E-state index < -0.39 is 0 Å². The Morgan fingerprint density at radius 1 is 1.12 bits per heavy atom. The Bertz CT molecular complexity index is 723. The number of thioether (sulfide) groups is 1. The highest BCUT2D eigenvalue weighted by atomic mass is 79.9. The molecule has 0 fully saturated rings. The molecule has 0 unspecified atom stereocenters. The quantitative estimate of drug-likeness (QED) is 0.793. The first-order valence-corrected chi connectivity index (χ1v) is 9.67. The Balaban J connectivity index is 1.50. The van der Waals surface area contributed by atoms with Gasteiger partial charge < -0.3 is 14.8 Å². The van der Waals surface area contributed by atoms with E-state index in [2.05, 4.69) is 33.4 Å². The van der Waals surface area contributed by atoms with Crippen LogP contribution in [-0.2, 0) is 10.5 Å². The van der Waals surface area contributed by atoms with Gasteiger partial charge in [0.05, 0.1) is 19.0 Å². The van der Waals surface area contributed by atoms with E-state index in [1.165, 1.54) is 5.56 Å². The number of amides is 1. The second kappa shape index (κ2) is 8.44. The summed E-state index contributed by atoms with van der Waals surface area (Å²) in [6.07, 6.45) is 0.864. The van der Waals surface area contributed by atoms with Crippen LogP contribution in [0.3, 0.4) is 0 Å². The van der Waals surface area contributed by atoms with Crippen LogP contribution in [0.25, 0.3) is 0 Å². The number of halogens is 1. The van der Waals surface area contributed by atoms with Crippen LogP contribution in [0.4, 0.5) is 5.69 Å². The molecule has 0 aliphatic carbocycles. The SMILES string of the molecule is O=C(CSCc1cccc(Br)c1)Nc1ccc2c(c1)OCCCO2. The van der Waals surface area contributed by atoms with Crippen LogP contribution in [0.2, 0.25) is 0 Å². The third-order valence-electron chi connectivity index (χ3n) is 3.42. The fourth-order valence-electron chi connectivity index (χ4n) is 2.33. The maximum atomic E-state index is 12.1. The van der Waals surface area contributed by atoms with Gasteiger partial charge in [0, 0.05) is 28.4 Å². The van der Waals surface area contributed by atoms with Crippen LogP contribution >= 0.6 is 27.7 Å². The predicted molar refractivity (Wildman–Crippen MR) is 101 cm³/mol. The Morgan fingerprint density at radius 3 is 2.79 bits per heavy atom. The van der Waals surface area contributed by atoms with E-state index >= 15 is 0 Å². The van der Waals surface area contributed by atoms with E-state index in [1.54, 1.807) is 11.8 Å². The van der Waals surface area contributed by atoms with E-state index in [0.29, 0.717) is 24.7 Å². The molecule has 6 heteroatoms. The average Bonchev–Trinajstić information content (AvgIpc) is 2.80. The zero-order chi connectivity index (χ0) is 16.8. The molecule has 0 radical (unpaired) electrons. The smallest absolute Gasteiger partial charge is 0.234 e. The summed E-state index contributed by atoms with van der Waals surface area (Å²) in [5, 5.41) is 2.91. The van der Waals surface area contributed by atoms with Crippen molar-refractivity contribution in [3.05, 3.63) is 52.5 Å². The summed E-state index contributed by atoms with van der Waals surface area (Å²) in [7, 11) is 0. The maximum absolute atomic E-state index is 12.1. The monoisotopic (exact) mass is 407 g/mol. The van der Waals surface area contributed by atoms with Gasteiger partial charge in [-0.3, -0.25) is 4.79 Å². The molecule has 1 heterocycles. The van der Waals surface area contributed by atoms with Crippen LogP contribution in [0.15, 0.2) is 46.9 Å². The number of hydrogen-bond acceptors (Lipinski definition) is 4.